The number of urea groups is 1. The summed E-state index contributed by atoms with van der Waals surface area (Å²) in [7, 11) is 3.63. The molecule has 0 fully saturated rings. The third kappa shape index (κ3) is 5.12. The number of carbonyl (C=O) groups is 1. The Hall–Kier alpha value is -0.970. The van der Waals surface area contributed by atoms with Gasteiger partial charge >= 0.3 is 6.03 Å². The number of nitrogens with one attached hydrogen (secondary N) is 2. The third-order valence-electron chi connectivity index (χ3n) is 2.38. The molecule has 0 saturated heterocycles. The fourth-order valence-electron chi connectivity index (χ4n) is 1.44. The highest BCUT2D eigenvalue weighted by Gasteiger charge is 2.08. The van der Waals surface area contributed by atoms with Crippen LogP contribution in [0.2, 0.25) is 10.0 Å². The molecule has 0 aliphatic carbocycles. The minimum Gasteiger partial charge on any atom is -0.328 e. The van der Waals surface area contributed by atoms with Crippen LogP contribution in [0.3, 0.4) is 0 Å². The van der Waals surface area contributed by atoms with Crippen LogP contribution in [0.15, 0.2) is 18.2 Å². The first-order chi connectivity index (χ1) is 8.52. The summed E-state index contributed by atoms with van der Waals surface area (Å²) in [5, 5.41) is 6.77. The number of hydrogen-bond acceptors (Lipinski definition) is 2. The summed E-state index contributed by atoms with van der Waals surface area (Å²) >= 11 is 11.7. The molecule has 0 bridgehead atoms. The molecule has 6 heteroatoms. The zero-order valence-corrected chi connectivity index (χ0v) is 12.0. The van der Waals surface area contributed by atoms with Crippen LogP contribution in [0.4, 0.5) is 10.5 Å². The predicted molar refractivity (Wildman–Crippen MR) is 76.7 cm³/mol. The maximum atomic E-state index is 11.8. The van der Waals surface area contributed by atoms with Gasteiger partial charge in [0.05, 0.1) is 0 Å². The zero-order valence-electron chi connectivity index (χ0n) is 10.5. The second-order valence-electron chi connectivity index (χ2n) is 3.97. The normalized spacial score (nSPS) is 10.2. The van der Waals surface area contributed by atoms with Crippen LogP contribution < -0.4 is 10.6 Å². The second kappa shape index (κ2) is 7.46. The average Bonchev–Trinajstić information content (AvgIpc) is 2.27. The third-order valence-corrected chi connectivity index (χ3v) is 2.82. The lowest BCUT2D eigenvalue weighted by Gasteiger charge is -2.18. The summed E-state index contributed by atoms with van der Waals surface area (Å²) in [4.78, 5) is 13.5. The Kier molecular flexibility index (Phi) is 6.25. The van der Waals surface area contributed by atoms with E-state index in [0.29, 0.717) is 22.3 Å². The second-order valence-corrected chi connectivity index (χ2v) is 4.84. The maximum absolute atomic E-state index is 11.8. The number of nitrogens with zero attached hydrogens (tertiary/aromatic N) is 1. The van der Waals surface area contributed by atoms with Crippen molar-refractivity contribution in [1.82, 2.24) is 10.2 Å². The van der Waals surface area contributed by atoms with E-state index in [0.717, 1.165) is 13.0 Å². The molecule has 0 atom stereocenters. The van der Waals surface area contributed by atoms with Crippen molar-refractivity contribution in [3.8, 4) is 0 Å². The smallest absolute Gasteiger partial charge is 0.321 e. The van der Waals surface area contributed by atoms with Crippen molar-refractivity contribution in [2.75, 3.05) is 32.5 Å². The standard InChI is InChI=1S/C12H17Cl2N3O/c1-15-4-3-5-17(2)12(18)16-11-7-9(13)6-10(14)8-11/h6-8,15H,3-5H2,1-2H3,(H,16,18). The van der Waals surface area contributed by atoms with Crippen LogP contribution in [-0.2, 0) is 0 Å². The summed E-state index contributed by atoms with van der Waals surface area (Å²) in [6.07, 6.45) is 0.900. The topological polar surface area (TPSA) is 44.4 Å². The molecule has 1 aromatic rings. The molecule has 0 spiro atoms. The van der Waals surface area contributed by atoms with E-state index in [-0.39, 0.29) is 6.03 Å². The molecular formula is C12H17Cl2N3O. The highest BCUT2D eigenvalue weighted by Crippen LogP contribution is 2.22. The van der Waals surface area contributed by atoms with Gasteiger partial charge in [0.25, 0.3) is 0 Å². The summed E-state index contributed by atoms with van der Waals surface area (Å²) < 4.78 is 0. The Morgan fingerprint density at radius 2 is 1.89 bits per heavy atom. The SMILES string of the molecule is CNCCCN(C)C(=O)Nc1cc(Cl)cc(Cl)c1. The molecule has 4 nitrogen and oxygen atoms in total. The lowest BCUT2D eigenvalue weighted by atomic mass is 10.3. The Bertz CT molecular complexity index is 392. The van der Waals surface area contributed by atoms with Gasteiger partial charge < -0.3 is 15.5 Å². The van der Waals surface area contributed by atoms with Crippen LogP contribution in [-0.4, -0.2) is 38.1 Å². The summed E-state index contributed by atoms with van der Waals surface area (Å²) in [5.41, 5.74) is 0.595. The number of anilines is 1. The number of hydrogen-bond donors (Lipinski definition) is 2. The van der Waals surface area contributed by atoms with E-state index < -0.39 is 0 Å². The highest BCUT2D eigenvalue weighted by molar-refractivity contribution is 6.35. The predicted octanol–water partition coefficient (Wildman–Crippen LogP) is 3.07. The average molecular weight is 290 g/mol. The molecule has 1 aromatic carbocycles. The number of halogens is 2. The number of rotatable bonds is 5. The Labute approximate surface area is 117 Å². The fraction of sp³-hybridized carbons (Fsp3) is 0.417. The number of benzene rings is 1. The molecule has 0 radical (unpaired) electrons. The van der Waals surface area contributed by atoms with Crippen molar-refractivity contribution in [2.45, 2.75) is 6.42 Å². The highest BCUT2D eigenvalue weighted by atomic mass is 35.5. The molecular weight excluding hydrogens is 273 g/mol. The molecule has 1 rings (SSSR count). The van der Waals surface area contributed by atoms with E-state index >= 15 is 0 Å². The van der Waals surface area contributed by atoms with Crippen molar-refractivity contribution in [2.24, 2.45) is 0 Å². The fourth-order valence-corrected chi connectivity index (χ4v) is 1.97. The van der Waals surface area contributed by atoms with Crippen LogP contribution in [0.5, 0.6) is 0 Å². The molecule has 0 unspecified atom stereocenters. The first-order valence-electron chi connectivity index (χ1n) is 5.65. The van der Waals surface area contributed by atoms with Gasteiger partial charge in [0.15, 0.2) is 0 Å². The molecule has 2 N–H and O–H groups in total. The van der Waals surface area contributed by atoms with Crippen molar-refractivity contribution < 1.29 is 4.79 Å². The number of carbonyl (C=O) groups excluding carboxylic acids is 1. The van der Waals surface area contributed by atoms with E-state index in [1.165, 1.54) is 0 Å². The van der Waals surface area contributed by atoms with Crippen LogP contribution in [0.1, 0.15) is 6.42 Å². The van der Waals surface area contributed by atoms with E-state index in [1.54, 1.807) is 30.1 Å². The van der Waals surface area contributed by atoms with Crippen LogP contribution >= 0.6 is 23.2 Å². The van der Waals surface area contributed by atoms with Gasteiger partial charge in [-0.05, 0) is 38.2 Å². The Morgan fingerprint density at radius 1 is 1.28 bits per heavy atom. The van der Waals surface area contributed by atoms with Gasteiger partial charge in [0.2, 0.25) is 0 Å². The van der Waals surface area contributed by atoms with Gasteiger partial charge in [-0.2, -0.15) is 0 Å². The van der Waals surface area contributed by atoms with Gasteiger partial charge in [-0.25, -0.2) is 4.79 Å². The van der Waals surface area contributed by atoms with Gasteiger partial charge in [0.1, 0.15) is 0 Å². The lowest BCUT2D eigenvalue weighted by molar-refractivity contribution is 0.222. The summed E-state index contributed by atoms with van der Waals surface area (Å²) in [5.74, 6) is 0. The minimum absolute atomic E-state index is 0.176. The quantitative estimate of drug-likeness (QED) is 0.819. The summed E-state index contributed by atoms with van der Waals surface area (Å²) in [6, 6.07) is 4.76. The number of amides is 2. The van der Waals surface area contributed by atoms with Crippen molar-refractivity contribution in [3.63, 3.8) is 0 Å². The van der Waals surface area contributed by atoms with E-state index in [9.17, 15) is 4.79 Å². The van der Waals surface area contributed by atoms with Gasteiger partial charge in [-0.1, -0.05) is 23.2 Å². The maximum Gasteiger partial charge on any atom is 0.321 e. The van der Waals surface area contributed by atoms with E-state index in [1.807, 2.05) is 7.05 Å². The monoisotopic (exact) mass is 289 g/mol. The van der Waals surface area contributed by atoms with Crippen molar-refractivity contribution >= 4 is 34.9 Å². The molecule has 0 aliphatic heterocycles. The van der Waals surface area contributed by atoms with Gasteiger partial charge in [-0.3, -0.25) is 0 Å². The first kappa shape index (κ1) is 15.1. The molecule has 2 amide bonds. The largest absolute Gasteiger partial charge is 0.328 e. The Morgan fingerprint density at radius 3 is 2.44 bits per heavy atom. The molecule has 100 valence electrons. The van der Waals surface area contributed by atoms with Crippen LogP contribution in [0.25, 0.3) is 0 Å². The molecule has 0 aliphatic rings. The summed E-state index contributed by atoms with van der Waals surface area (Å²) in [6.45, 7) is 1.56. The van der Waals surface area contributed by atoms with Crippen molar-refractivity contribution in [1.29, 1.82) is 0 Å². The molecule has 0 saturated carbocycles. The zero-order chi connectivity index (χ0) is 13.5. The molecule has 0 heterocycles. The van der Waals surface area contributed by atoms with Crippen molar-refractivity contribution in [3.05, 3.63) is 28.2 Å². The van der Waals surface area contributed by atoms with Gasteiger partial charge in [-0.15, -0.1) is 0 Å². The van der Waals surface area contributed by atoms with Crippen LogP contribution in [0, 0.1) is 0 Å². The molecule has 18 heavy (non-hydrogen) atoms. The Balaban J connectivity index is 2.52. The van der Waals surface area contributed by atoms with E-state index in [4.69, 9.17) is 23.2 Å². The minimum atomic E-state index is -0.176. The lowest BCUT2D eigenvalue weighted by Crippen LogP contribution is -2.33. The van der Waals surface area contributed by atoms with E-state index in [2.05, 4.69) is 10.6 Å². The first-order valence-corrected chi connectivity index (χ1v) is 6.41. The van der Waals surface area contributed by atoms with Gasteiger partial charge in [0, 0.05) is 29.3 Å². The molecule has 0 aromatic heterocycles.